The summed E-state index contributed by atoms with van der Waals surface area (Å²) in [6.07, 6.45) is 6.49. The second-order valence-electron chi connectivity index (χ2n) is 4.56. The topological polar surface area (TPSA) is 119 Å². The van der Waals surface area contributed by atoms with Gasteiger partial charge in [0.1, 0.15) is 6.61 Å². The molecule has 0 bridgehead atoms. The van der Waals surface area contributed by atoms with Crippen LogP contribution in [-0.2, 0) is 9.47 Å². The van der Waals surface area contributed by atoms with Crippen LogP contribution in [0, 0.1) is 0 Å². The van der Waals surface area contributed by atoms with Gasteiger partial charge in [-0.3, -0.25) is 9.97 Å². The molecule has 0 fully saturated rings. The maximum absolute atomic E-state index is 11.2. The number of aromatic nitrogens is 2. The predicted molar refractivity (Wildman–Crippen MR) is 87.8 cm³/mol. The van der Waals surface area contributed by atoms with Crippen molar-refractivity contribution in [3.63, 3.8) is 0 Å². The number of aliphatic hydroxyl groups excluding tert-OH is 2. The molecule has 0 amide bonds. The van der Waals surface area contributed by atoms with Crippen molar-refractivity contribution >= 4 is 11.9 Å². The van der Waals surface area contributed by atoms with E-state index in [1.54, 1.807) is 36.7 Å². The first kappa shape index (κ1) is 20.2. The Hall–Kier alpha value is -2.84. The van der Waals surface area contributed by atoms with E-state index >= 15 is 0 Å². The van der Waals surface area contributed by atoms with E-state index in [4.69, 9.17) is 14.9 Å². The molecule has 2 N–H and O–H groups in total. The van der Waals surface area contributed by atoms with Crippen LogP contribution in [0.4, 0.5) is 0 Å². The standard InChI is InChI=1S/C9H11NO3.C8H9NO3/c11-5-2-6-13-9(12)8-3-1-4-10-7-8;10-4-5-12-8(11)7-2-1-3-9-6-7/h1,3-4,7,11H,2,5-6H2;1-3,6,10H,4-5H2. The van der Waals surface area contributed by atoms with Gasteiger partial charge in [-0.1, -0.05) is 0 Å². The van der Waals surface area contributed by atoms with E-state index in [2.05, 4.69) is 14.7 Å². The van der Waals surface area contributed by atoms with Gasteiger partial charge < -0.3 is 19.7 Å². The molecule has 2 aromatic rings. The summed E-state index contributed by atoms with van der Waals surface area (Å²) in [4.78, 5) is 29.7. The molecule has 134 valence electrons. The molecule has 25 heavy (non-hydrogen) atoms. The van der Waals surface area contributed by atoms with Crippen LogP contribution in [0.25, 0.3) is 0 Å². The molecule has 2 rings (SSSR count). The van der Waals surface area contributed by atoms with Crippen LogP contribution in [0.2, 0.25) is 0 Å². The minimum atomic E-state index is -0.461. The first-order valence-electron chi connectivity index (χ1n) is 7.55. The summed E-state index contributed by atoms with van der Waals surface area (Å²) < 4.78 is 9.48. The zero-order valence-corrected chi connectivity index (χ0v) is 13.6. The van der Waals surface area contributed by atoms with Gasteiger partial charge in [0.2, 0.25) is 0 Å². The van der Waals surface area contributed by atoms with Gasteiger partial charge in [0.05, 0.1) is 24.3 Å². The van der Waals surface area contributed by atoms with Crippen molar-refractivity contribution in [3.05, 3.63) is 60.2 Å². The smallest absolute Gasteiger partial charge is 0.339 e. The van der Waals surface area contributed by atoms with Crippen LogP contribution in [0.5, 0.6) is 0 Å². The van der Waals surface area contributed by atoms with Crippen molar-refractivity contribution in [2.24, 2.45) is 0 Å². The number of hydrogen-bond donors (Lipinski definition) is 2. The van der Waals surface area contributed by atoms with Crippen molar-refractivity contribution in [2.45, 2.75) is 6.42 Å². The van der Waals surface area contributed by atoms with Gasteiger partial charge in [-0.2, -0.15) is 0 Å². The first-order valence-corrected chi connectivity index (χ1v) is 7.55. The number of aliphatic hydroxyl groups is 2. The molecule has 0 aromatic carbocycles. The Kier molecular flexibility index (Phi) is 10.2. The lowest BCUT2D eigenvalue weighted by Crippen LogP contribution is -2.08. The monoisotopic (exact) mass is 348 g/mol. The van der Waals surface area contributed by atoms with E-state index in [1.807, 2.05) is 0 Å². The second kappa shape index (κ2) is 12.6. The summed E-state index contributed by atoms with van der Waals surface area (Å²) in [6, 6.07) is 6.55. The Labute approximate surface area is 145 Å². The van der Waals surface area contributed by atoms with Gasteiger partial charge in [0, 0.05) is 37.8 Å². The van der Waals surface area contributed by atoms with Crippen molar-refractivity contribution in [1.29, 1.82) is 0 Å². The van der Waals surface area contributed by atoms with Gasteiger partial charge in [-0.05, 0) is 24.3 Å². The molecule has 0 aliphatic rings. The lowest BCUT2D eigenvalue weighted by atomic mass is 10.3. The van der Waals surface area contributed by atoms with E-state index in [0.29, 0.717) is 17.5 Å². The Morgan fingerprint density at radius 1 is 0.840 bits per heavy atom. The van der Waals surface area contributed by atoms with Gasteiger partial charge in [0.15, 0.2) is 0 Å². The molecule has 0 saturated heterocycles. The summed E-state index contributed by atoms with van der Waals surface area (Å²) in [5.41, 5.74) is 0.825. The van der Waals surface area contributed by atoms with E-state index in [9.17, 15) is 9.59 Å². The fraction of sp³-hybridized carbons (Fsp3) is 0.294. The van der Waals surface area contributed by atoms with Crippen LogP contribution in [-0.4, -0.2) is 58.5 Å². The lowest BCUT2D eigenvalue weighted by molar-refractivity contribution is 0.0432. The SMILES string of the molecule is O=C(OCCCO)c1cccnc1.O=C(OCCO)c1cccnc1. The van der Waals surface area contributed by atoms with Gasteiger partial charge in [0.25, 0.3) is 0 Å². The highest BCUT2D eigenvalue weighted by Gasteiger charge is 2.05. The molecule has 0 aliphatic heterocycles. The summed E-state index contributed by atoms with van der Waals surface area (Å²) in [5.74, 6) is -0.862. The average Bonchev–Trinajstić information content (AvgIpc) is 2.68. The van der Waals surface area contributed by atoms with Crippen LogP contribution >= 0.6 is 0 Å². The minimum absolute atomic E-state index is 0.0216. The second-order valence-corrected chi connectivity index (χ2v) is 4.56. The summed E-state index contributed by atoms with van der Waals surface area (Å²) >= 11 is 0. The highest BCUT2D eigenvalue weighted by molar-refractivity contribution is 5.89. The molecule has 0 unspecified atom stereocenters. The number of esters is 2. The predicted octanol–water partition coefficient (Wildman–Crippen LogP) is 0.851. The average molecular weight is 348 g/mol. The minimum Gasteiger partial charge on any atom is -0.462 e. The molecule has 0 atom stereocenters. The number of ether oxygens (including phenoxy) is 2. The Bertz CT molecular complexity index is 622. The van der Waals surface area contributed by atoms with Crippen molar-refractivity contribution < 1.29 is 29.3 Å². The third-order valence-electron chi connectivity index (χ3n) is 2.65. The number of rotatable bonds is 7. The van der Waals surface area contributed by atoms with Crippen LogP contribution in [0.15, 0.2) is 49.1 Å². The zero-order chi connectivity index (χ0) is 18.3. The van der Waals surface area contributed by atoms with E-state index in [-0.39, 0.29) is 26.4 Å². The van der Waals surface area contributed by atoms with Crippen molar-refractivity contribution in [1.82, 2.24) is 9.97 Å². The maximum atomic E-state index is 11.2. The summed E-state index contributed by atoms with van der Waals surface area (Å²) in [6.45, 7) is 0.129. The van der Waals surface area contributed by atoms with Crippen LogP contribution in [0.1, 0.15) is 27.1 Å². The highest BCUT2D eigenvalue weighted by Crippen LogP contribution is 1.99. The molecular formula is C17H20N2O6. The molecule has 0 spiro atoms. The number of nitrogens with zero attached hydrogens (tertiary/aromatic N) is 2. The largest absolute Gasteiger partial charge is 0.462 e. The van der Waals surface area contributed by atoms with E-state index < -0.39 is 11.9 Å². The molecule has 0 radical (unpaired) electrons. The third-order valence-corrected chi connectivity index (χ3v) is 2.65. The van der Waals surface area contributed by atoms with Crippen molar-refractivity contribution in [3.8, 4) is 0 Å². The number of pyridine rings is 2. The number of carbonyl (C=O) groups excluding carboxylic acids is 2. The molecule has 2 heterocycles. The van der Waals surface area contributed by atoms with Gasteiger partial charge in [-0.15, -0.1) is 0 Å². The Morgan fingerprint density at radius 3 is 1.76 bits per heavy atom. The summed E-state index contributed by atoms with van der Waals surface area (Å²) in [5, 5.41) is 16.8. The van der Waals surface area contributed by atoms with Crippen LogP contribution < -0.4 is 0 Å². The molecule has 8 nitrogen and oxygen atoms in total. The molecular weight excluding hydrogens is 328 g/mol. The van der Waals surface area contributed by atoms with E-state index in [1.165, 1.54) is 12.4 Å². The van der Waals surface area contributed by atoms with E-state index in [0.717, 1.165) is 0 Å². The van der Waals surface area contributed by atoms with Gasteiger partial charge in [-0.25, -0.2) is 9.59 Å². The Morgan fingerprint density at radius 2 is 1.36 bits per heavy atom. The molecule has 8 heteroatoms. The fourth-order valence-electron chi connectivity index (χ4n) is 1.50. The molecule has 0 aliphatic carbocycles. The molecule has 0 saturated carbocycles. The Balaban J connectivity index is 0.000000251. The zero-order valence-electron chi connectivity index (χ0n) is 13.6. The first-order chi connectivity index (χ1) is 12.2. The van der Waals surface area contributed by atoms with Crippen LogP contribution in [0.3, 0.4) is 0 Å². The normalized spacial score (nSPS) is 9.52. The third kappa shape index (κ3) is 8.54. The van der Waals surface area contributed by atoms with Gasteiger partial charge >= 0.3 is 11.9 Å². The quantitative estimate of drug-likeness (QED) is 0.558. The fourth-order valence-corrected chi connectivity index (χ4v) is 1.50. The number of hydrogen-bond acceptors (Lipinski definition) is 8. The molecule has 2 aromatic heterocycles. The number of carbonyl (C=O) groups is 2. The summed E-state index contributed by atoms with van der Waals surface area (Å²) in [7, 11) is 0. The maximum Gasteiger partial charge on any atom is 0.339 e. The highest BCUT2D eigenvalue weighted by atomic mass is 16.5. The van der Waals surface area contributed by atoms with Crippen molar-refractivity contribution in [2.75, 3.05) is 26.4 Å². The lowest BCUT2D eigenvalue weighted by Gasteiger charge is -2.01.